The van der Waals surface area contributed by atoms with Gasteiger partial charge >= 0.3 is 0 Å². The zero-order valence-corrected chi connectivity index (χ0v) is 11.0. The van der Waals surface area contributed by atoms with Crippen LogP contribution in [0.15, 0.2) is 47.1 Å². The van der Waals surface area contributed by atoms with Crippen molar-refractivity contribution in [3.63, 3.8) is 0 Å². The largest absolute Gasteiger partial charge is 0.285 e. The van der Waals surface area contributed by atoms with Crippen molar-refractivity contribution in [2.45, 2.75) is 51.4 Å². The van der Waals surface area contributed by atoms with Crippen molar-refractivity contribution in [2.75, 3.05) is 0 Å². The third-order valence-electron chi connectivity index (χ3n) is 3.66. The van der Waals surface area contributed by atoms with E-state index in [1.165, 1.54) is 43.3 Å². The SMILES string of the molecule is O=[C]C1=C(\C2=C/C=C\CCCC2)CCCC/C=C\1. The molecular weight excluding hydrogens is 220 g/mol. The Morgan fingerprint density at radius 2 is 1.72 bits per heavy atom. The van der Waals surface area contributed by atoms with E-state index < -0.39 is 0 Å². The Bertz CT molecular complexity index is 407. The predicted molar refractivity (Wildman–Crippen MR) is 76.0 cm³/mol. The highest BCUT2D eigenvalue weighted by molar-refractivity contribution is 5.81. The monoisotopic (exact) mass is 241 g/mol. The summed E-state index contributed by atoms with van der Waals surface area (Å²) in [4.78, 5) is 11.2. The molecule has 18 heavy (non-hydrogen) atoms. The summed E-state index contributed by atoms with van der Waals surface area (Å²) in [7, 11) is 0. The molecule has 0 saturated carbocycles. The van der Waals surface area contributed by atoms with Gasteiger partial charge in [0.25, 0.3) is 0 Å². The quantitative estimate of drug-likeness (QED) is 0.691. The summed E-state index contributed by atoms with van der Waals surface area (Å²) in [5, 5.41) is 0. The zero-order chi connectivity index (χ0) is 12.6. The van der Waals surface area contributed by atoms with Crippen molar-refractivity contribution in [3.05, 3.63) is 47.1 Å². The molecule has 0 heterocycles. The van der Waals surface area contributed by atoms with Crippen molar-refractivity contribution in [1.29, 1.82) is 0 Å². The van der Waals surface area contributed by atoms with Gasteiger partial charge in [0.05, 0.1) is 0 Å². The fourth-order valence-electron chi connectivity index (χ4n) is 2.62. The van der Waals surface area contributed by atoms with E-state index in [1.54, 1.807) is 0 Å². The van der Waals surface area contributed by atoms with Crippen LogP contribution in [0.25, 0.3) is 0 Å². The molecule has 0 N–H and O–H groups in total. The molecule has 0 fully saturated rings. The molecule has 0 unspecified atom stereocenters. The molecule has 0 aromatic rings. The molecule has 0 amide bonds. The second kappa shape index (κ2) is 7.15. The lowest BCUT2D eigenvalue weighted by Crippen LogP contribution is -2.00. The molecule has 0 spiro atoms. The van der Waals surface area contributed by atoms with Gasteiger partial charge < -0.3 is 0 Å². The van der Waals surface area contributed by atoms with E-state index >= 15 is 0 Å². The van der Waals surface area contributed by atoms with Crippen LogP contribution >= 0.6 is 0 Å². The molecule has 2 rings (SSSR count). The first-order valence-electron chi connectivity index (χ1n) is 7.06. The Morgan fingerprint density at radius 1 is 0.944 bits per heavy atom. The highest BCUT2D eigenvalue weighted by Gasteiger charge is 2.12. The average Bonchev–Trinajstić information content (AvgIpc) is 2.30. The lowest BCUT2D eigenvalue weighted by molar-refractivity contribution is 0.561. The molecule has 0 aromatic carbocycles. The van der Waals surface area contributed by atoms with E-state index in [0.717, 1.165) is 24.8 Å². The van der Waals surface area contributed by atoms with Crippen LogP contribution in [0.5, 0.6) is 0 Å². The highest BCUT2D eigenvalue weighted by atomic mass is 16.1. The number of allylic oxidation sites excluding steroid dienone is 8. The number of hydrogen-bond donors (Lipinski definition) is 0. The van der Waals surface area contributed by atoms with Gasteiger partial charge in [-0.15, -0.1) is 0 Å². The number of rotatable bonds is 2. The minimum absolute atomic E-state index is 0.773. The number of hydrogen-bond acceptors (Lipinski definition) is 1. The van der Waals surface area contributed by atoms with Crippen LogP contribution in [0, 0.1) is 0 Å². The first-order chi connectivity index (χ1) is 8.92. The van der Waals surface area contributed by atoms with Gasteiger partial charge in [-0.05, 0) is 62.5 Å². The van der Waals surface area contributed by atoms with E-state index in [1.807, 2.05) is 6.08 Å². The summed E-state index contributed by atoms with van der Waals surface area (Å²) >= 11 is 0. The Labute approximate surface area is 110 Å². The van der Waals surface area contributed by atoms with Gasteiger partial charge in [0.1, 0.15) is 0 Å². The molecule has 0 atom stereocenters. The molecule has 0 aromatic heterocycles. The van der Waals surface area contributed by atoms with Gasteiger partial charge in [-0.2, -0.15) is 0 Å². The van der Waals surface area contributed by atoms with Crippen molar-refractivity contribution in [3.8, 4) is 0 Å². The molecule has 0 aliphatic heterocycles. The van der Waals surface area contributed by atoms with Crippen LogP contribution < -0.4 is 0 Å². The maximum absolute atomic E-state index is 11.2. The fraction of sp³-hybridized carbons (Fsp3) is 0.471. The maximum atomic E-state index is 11.2. The van der Waals surface area contributed by atoms with Gasteiger partial charge in [0.15, 0.2) is 0 Å². The molecule has 2 aliphatic carbocycles. The van der Waals surface area contributed by atoms with Gasteiger partial charge in [-0.3, -0.25) is 4.79 Å². The minimum atomic E-state index is 0.773. The highest BCUT2D eigenvalue weighted by Crippen LogP contribution is 2.28. The molecule has 2 aliphatic rings. The summed E-state index contributed by atoms with van der Waals surface area (Å²) in [6, 6.07) is 0. The van der Waals surface area contributed by atoms with Crippen LogP contribution in [-0.2, 0) is 4.79 Å². The molecule has 0 saturated heterocycles. The summed E-state index contributed by atoms with van der Waals surface area (Å²) in [5.41, 5.74) is 3.35. The Balaban J connectivity index is 2.32. The summed E-state index contributed by atoms with van der Waals surface area (Å²) in [6.45, 7) is 0. The lowest BCUT2D eigenvalue weighted by Gasteiger charge is -2.16. The maximum Gasteiger partial charge on any atom is 0.233 e. The summed E-state index contributed by atoms with van der Waals surface area (Å²) < 4.78 is 0. The predicted octanol–water partition coefficient (Wildman–Crippen LogP) is 4.58. The molecule has 1 radical (unpaired) electrons. The topological polar surface area (TPSA) is 17.1 Å². The van der Waals surface area contributed by atoms with Gasteiger partial charge in [-0.25, -0.2) is 0 Å². The summed E-state index contributed by atoms with van der Waals surface area (Å²) in [6.07, 6.45) is 22.0. The van der Waals surface area contributed by atoms with Crippen LogP contribution in [0.3, 0.4) is 0 Å². The molecule has 1 nitrogen and oxygen atoms in total. The van der Waals surface area contributed by atoms with E-state index in [0.29, 0.717) is 0 Å². The van der Waals surface area contributed by atoms with Gasteiger partial charge in [0, 0.05) is 5.57 Å². The fourth-order valence-corrected chi connectivity index (χ4v) is 2.62. The van der Waals surface area contributed by atoms with Crippen LogP contribution in [0.4, 0.5) is 0 Å². The number of carbonyl (C=O) groups excluding carboxylic acids is 1. The first kappa shape index (κ1) is 13.1. The third kappa shape index (κ3) is 3.56. The van der Waals surface area contributed by atoms with E-state index in [-0.39, 0.29) is 0 Å². The van der Waals surface area contributed by atoms with Gasteiger partial charge in [0.2, 0.25) is 6.29 Å². The minimum Gasteiger partial charge on any atom is -0.285 e. The second-order valence-corrected chi connectivity index (χ2v) is 5.01. The van der Waals surface area contributed by atoms with E-state index in [2.05, 4.69) is 30.6 Å². The Hall–Kier alpha value is -1.37. The lowest BCUT2D eigenvalue weighted by atomic mass is 9.89. The smallest absolute Gasteiger partial charge is 0.233 e. The molecule has 1 heteroatoms. The average molecular weight is 241 g/mol. The molecule has 95 valence electrons. The molecule has 0 bridgehead atoms. The van der Waals surface area contributed by atoms with Crippen LogP contribution in [-0.4, -0.2) is 6.29 Å². The third-order valence-corrected chi connectivity index (χ3v) is 3.66. The van der Waals surface area contributed by atoms with Crippen molar-refractivity contribution >= 4 is 6.29 Å². The standard InChI is InChI=1S/C17H21O/c18-14-16-12-8-4-5-9-13-17(16)15-10-6-2-1-3-7-11-15/h2,6,8,10,12H,1,3-5,7,9,11,13H2/b6-2-,12-8-,15-10-,17-16-. The van der Waals surface area contributed by atoms with Gasteiger partial charge in [-0.1, -0.05) is 30.4 Å². The van der Waals surface area contributed by atoms with Crippen LogP contribution in [0.2, 0.25) is 0 Å². The normalized spacial score (nSPS) is 32.1. The Kier molecular flexibility index (Phi) is 5.19. The van der Waals surface area contributed by atoms with Crippen molar-refractivity contribution in [2.24, 2.45) is 0 Å². The first-order valence-corrected chi connectivity index (χ1v) is 7.06. The van der Waals surface area contributed by atoms with Crippen molar-refractivity contribution in [1.82, 2.24) is 0 Å². The van der Waals surface area contributed by atoms with Crippen LogP contribution in [0.1, 0.15) is 51.4 Å². The zero-order valence-electron chi connectivity index (χ0n) is 11.0. The van der Waals surface area contributed by atoms with Crippen molar-refractivity contribution < 1.29 is 4.79 Å². The molecular formula is C17H21O. The Morgan fingerprint density at radius 3 is 2.56 bits per heavy atom. The second-order valence-electron chi connectivity index (χ2n) is 5.01. The van der Waals surface area contributed by atoms with E-state index in [9.17, 15) is 4.79 Å². The summed E-state index contributed by atoms with van der Waals surface area (Å²) in [5.74, 6) is 0. The van der Waals surface area contributed by atoms with E-state index in [4.69, 9.17) is 0 Å².